The van der Waals surface area contributed by atoms with Gasteiger partial charge in [-0.05, 0) is 62.2 Å². The van der Waals surface area contributed by atoms with Crippen molar-refractivity contribution < 1.29 is 19.4 Å². The lowest BCUT2D eigenvalue weighted by atomic mass is 10.1. The minimum atomic E-state index is -1.31. The van der Waals surface area contributed by atoms with E-state index in [2.05, 4.69) is 25.6 Å². The number of hydrogen-bond acceptors (Lipinski definition) is 8. The number of likely N-dealkylation sites (N-methyl/N-ethyl adjacent to an activating group) is 1. The SMILES string of the molecule is CNC(=O)C1(O)CC1C[C@@H](C)Oc1cccc2ncnc(Nc3ccc(OCc4ccccn4)c(Cl)c3)c12. The van der Waals surface area contributed by atoms with Crippen LogP contribution in [0.15, 0.2) is 67.1 Å². The van der Waals surface area contributed by atoms with Crippen molar-refractivity contribution in [1.29, 1.82) is 0 Å². The lowest BCUT2D eigenvalue weighted by Gasteiger charge is -2.18. The maximum Gasteiger partial charge on any atom is 0.252 e. The van der Waals surface area contributed by atoms with Crippen molar-refractivity contribution in [3.05, 3.63) is 77.8 Å². The zero-order valence-electron chi connectivity index (χ0n) is 21.0. The lowest BCUT2D eigenvalue weighted by molar-refractivity contribution is -0.132. The Labute approximate surface area is 225 Å². The summed E-state index contributed by atoms with van der Waals surface area (Å²) in [5.74, 6) is 1.20. The van der Waals surface area contributed by atoms with Gasteiger partial charge in [0.25, 0.3) is 5.91 Å². The number of hydrogen-bond donors (Lipinski definition) is 3. The normalized spacial score (nSPS) is 19.0. The monoisotopic (exact) mass is 533 g/mol. The number of anilines is 2. The number of benzene rings is 2. The average Bonchev–Trinajstić information content (AvgIpc) is 3.58. The van der Waals surface area contributed by atoms with Crippen molar-refractivity contribution in [3.63, 3.8) is 0 Å². The summed E-state index contributed by atoms with van der Waals surface area (Å²) in [6.45, 7) is 2.23. The maximum atomic E-state index is 11.9. The molecule has 1 aliphatic carbocycles. The third kappa shape index (κ3) is 5.49. The topological polar surface area (TPSA) is 118 Å². The molecule has 0 bridgehead atoms. The first-order valence-corrected chi connectivity index (χ1v) is 12.7. The smallest absolute Gasteiger partial charge is 0.252 e. The van der Waals surface area contributed by atoms with Gasteiger partial charge in [-0.15, -0.1) is 0 Å². The van der Waals surface area contributed by atoms with Gasteiger partial charge >= 0.3 is 0 Å². The second kappa shape index (κ2) is 10.8. The Kier molecular flexibility index (Phi) is 7.31. The summed E-state index contributed by atoms with van der Waals surface area (Å²) in [5.41, 5.74) is 0.923. The van der Waals surface area contributed by atoms with Crippen LogP contribution in [0.3, 0.4) is 0 Å². The van der Waals surface area contributed by atoms with E-state index in [1.54, 1.807) is 18.3 Å². The van der Waals surface area contributed by atoms with E-state index < -0.39 is 5.60 Å². The van der Waals surface area contributed by atoms with Crippen LogP contribution in [0.25, 0.3) is 10.9 Å². The molecule has 1 saturated carbocycles. The Morgan fingerprint density at radius 2 is 2.03 bits per heavy atom. The van der Waals surface area contributed by atoms with Gasteiger partial charge in [0.05, 0.1) is 27.7 Å². The van der Waals surface area contributed by atoms with E-state index >= 15 is 0 Å². The molecule has 0 radical (unpaired) electrons. The van der Waals surface area contributed by atoms with Gasteiger partial charge in [0.15, 0.2) is 0 Å². The van der Waals surface area contributed by atoms with Gasteiger partial charge in [0, 0.05) is 24.8 Å². The number of fused-ring (bicyclic) bond motifs is 1. The van der Waals surface area contributed by atoms with Gasteiger partial charge in [-0.25, -0.2) is 9.97 Å². The molecule has 38 heavy (non-hydrogen) atoms. The third-order valence-corrected chi connectivity index (χ3v) is 6.85. The van der Waals surface area contributed by atoms with Crippen LogP contribution in [0, 0.1) is 5.92 Å². The highest BCUT2D eigenvalue weighted by Crippen LogP contribution is 2.47. The highest BCUT2D eigenvalue weighted by Gasteiger charge is 2.58. The number of aromatic nitrogens is 3. The van der Waals surface area contributed by atoms with Gasteiger partial charge in [-0.2, -0.15) is 0 Å². The summed E-state index contributed by atoms with van der Waals surface area (Å²) in [7, 11) is 1.52. The lowest BCUT2D eigenvalue weighted by Crippen LogP contribution is -2.36. The Balaban J connectivity index is 1.31. The molecule has 2 aromatic carbocycles. The Bertz CT molecular complexity index is 1450. The Hall–Kier alpha value is -3.95. The summed E-state index contributed by atoms with van der Waals surface area (Å²) in [6.07, 6.45) is 3.91. The van der Waals surface area contributed by atoms with Gasteiger partial charge in [0.2, 0.25) is 0 Å². The second-order valence-corrected chi connectivity index (χ2v) is 9.73. The van der Waals surface area contributed by atoms with Crippen LogP contribution >= 0.6 is 11.6 Å². The van der Waals surface area contributed by atoms with E-state index in [4.69, 9.17) is 21.1 Å². The van der Waals surface area contributed by atoms with Gasteiger partial charge < -0.3 is 25.2 Å². The molecule has 1 amide bonds. The van der Waals surface area contributed by atoms with Crippen LogP contribution in [0.4, 0.5) is 11.5 Å². The Morgan fingerprint density at radius 3 is 2.79 bits per heavy atom. The molecule has 1 fully saturated rings. The quantitative estimate of drug-likeness (QED) is 0.269. The average molecular weight is 534 g/mol. The number of carbonyl (C=O) groups is 1. The predicted octanol–water partition coefficient (Wildman–Crippen LogP) is 4.66. The highest BCUT2D eigenvalue weighted by atomic mass is 35.5. The van der Waals surface area contributed by atoms with Crippen LogP contribution in [0.1, 0.15) is 25.5 Å². The largest absolute Gasteiger partial charge is 0.490 e. The van der Waals surface area contributed by atoms with E-state index in [0.29, 0.717) is 52.7 Å². The van der Waals surface area contributed by atoms with Crippen LogP contribution in [-0.4, -0.2) is 44.7 Å². The molecule has 3 N–H and O–H groups in total. The zero-order chi connectivity index (χ0) is 26.7. The van der Waals surface area contributed by atoms with Crippen LogP contribution in [-0.2, 0) is 11.4 Å². The number of aliphatic hydroxyl groups is 1. The summed E-state index contributed by atoms with van der Waals surface area (Å²) < 4.78 is 12.1. The third-order valence-electron chi connectivity index (χ3n) is 6.56. The summed E-state index contributed by atoms with van der Waals surface area (Å²) in [6, 6.07) is 16.7. The molecule has 2 heterocycles. The van der Waals surface area contributed by atoms with Crippen molar-refractivity contribution in [3.8, 4) is 11.5 Å². The molecule has 0 aliphatic heterocycles. The first-order valence-electron chi connectivity index (χ1n) is 12.3. The molecular weight excluding hydrogens is 506 g/mol. The summed E-state index contributed by atoms with van der Waals surface area (Å²) >= 11 is 6.50. The predicted molar refractivity (Wildman–Crippen MR) is 145 cm³/mol. The van der Waals surface area contributed by atoms with Crippen molar-refractivity contribution in [2.24, 2.45) is 5.92 Å². The standard InChI is InChI=1S/C28H28ClN5O4/c1-17(12-18-14-28(18,36)27(35)30-2)38-24-8-5-7-22-25(24)26(33-16-32-22)34-19-9-10-23(21(29)13-19)37-15-20-6-3-4-11-31-20/h3-11,13,16-18,36H,12,14-15H2,1-2H3,(H,30,35)(H,32,33,34)/t17-,18?,28?/m1/s1. The van der Waals surface area contributed by atoms with Gasteiger partial charge in [-0.3, -0.25) is 9.78 Å². The van der Waals surface area contributed by atoms with Crippen molar-refractivity contribution in [2.45, 2.75) is 38.1 Å². The minimum absolute atomic E-state index is 0.151. The molecule has 0 spiro atoms. The van der Waals surface area contributed by atoms with Gasteiger partial charge in [-0.1, -0.05) is 23.7 Å². The number of nitrogens with zero attached hydrogens (tertiary/aromatic N) is 3. The van der Waals surface area contributed by atoms with Crippen LogP contribution in [0.2, 0.25) is 5.02 Å². The van der Waals surface area contributed by atoms with E-state index in [0.717, 1.165) is 11.4 Å². The Morgan fingerprint density at radius 1 is 1.16 bits per heavy atom. The molecule has 5 rings (SSSR count). The molecular formula is C28H28ClN5O4. The maximum absolute atomic E-state index is 11.9. The molecule has 2 aromatic heterocycles. The fraction of sp³-hybridized carbons (Fsp3) is 0.286. The molecule has 9 nitrogen and oxygen atoms in total. The van der Waals surface area contributed by atoms with Crippen molar-refractivity contribution in [2.75, 3.05) is 12.4 Å². The number of rotatable bonds is 10. The number of halogens is 1. The van der Waals surface area contributed by atoms with Crippen LogP contribution in [0.5, 0.6) is 11.5 Å². The molecule has 1 aliphatic rings. The highest BCUT2D eigenvalue weighted by molar-refractivity contribution is 6.32. The first kappa shape index (κ1) is 25.7. The number of carbonyl (C=O) groups excluding carboxylic acids is 1. The second-order valence-electron chi connectivity index (χ2n) is 9.32. The molecule has 3 atom stereocenters. The van der Waals surface area contributed by atoms with Gasteiger partial charge in [0.1, 0.15) is 35.9 Å². The van der Waals surface area contributed by atoms with Crippen LogP contribution < -0.4 is 20.1 Å². The summed E-state index contributed by atoms with van der Waals surface area (Å²) in [5, 5.41) is 17.5. The first-order chi connectivity index (χ1) is 18.4. The molecule has 0 saturated heterocycles. The molecule has 10 heteroatoms. The van der Waals surface area contributed by atoms with E-state index in [9.17, 15) is 9.90 Å². The number of ether oxygens (including phenoxy) is 2. The minimum Gasteiger partial charge on any atom is -0.490 e. The number of amides is 1. The zero-order valence-corrected chi connectivity index (χ0v) is 21.8. The summed E-state index contributed by atoms with van der Waals surface area (Å²) in [4.78, 5) is 25.0. The van der Waals surface area contributed by atoms with E-state index in [1.165, 1.54) is 13.4 Å². The number of nitrogens with one attached hydrogen (secondary N) is 2. The fourth-order valence-electron chi connectivity index (χ4n) is 4.49. The fourth-order valence-corrected chi connectivity index (χ4v) is 4.73. The van der Waals surface area contributed by atoms with E-state index in [1.807, 2.05) is 49.4 Å². The molecule has 2 unspecified atom stereocenters. The van der Waals surface area contributed by atoms with Crippen molar-refractivity contribution >= 4 is 39.9 Å². The van der Waals surface area contributed by atoms with Crippen molar-refractivity contribution in [1.82, 2.24) is 20.3 Å². The van der Waals surface area contributed by atoms with E-state index in [-0.39, 0.29) is 17.9 Å². The molecule has 4 aromatic rings. The number of pyridine rings is 1. The molecule has 196 valence electrons.